The molecule has 0 unspecified atom stereocenters. The van der Waals surface area contributed by atoms with Gasteiger partial charge in [-0.1, -0.05) is 0 Å². The van der Waals surface area contributed by atoms with Crippen molar-refractivity contribution in [2.24, 2.45) is 0 Å². The van der Waals surface area contributed by atoms with Gasteiger partial charge < -0.3 is 24.9 Å². The number of phenols is 1. The zero-order valence-electron chi connectivity index (χ0n) is 12.9. The summed E-state index contributed by atoms with van der Waals surface area (Å²) < 4.78 is 17.4. The Labute approximate surface area is 120 Å². The van der Waals surface area contributed by atoms with Crippen molar-refractivity contribution in [3.05, 3.63) is 11.6 Å². The molecule has 0 saturated carbocycles. The van der Waals surface area contributed by atoms with Crippen molar-refractivity contribution in [3.63, 3.8) is 0 Å². The second-order valence-electron chi connectivity index (χ2n) is 6.15. The fraction of sp³-hybridized carbons (Fsp3) is 0.571. The lowest BCUT2D eigenvalue weighted by molar-refractivity contribution is 0.00578. The molecule has 1 aromatic carbocycles. The van der Waals surface area contributed by atoms with Gasteiger partial charge in [-0.2, -0.15) is 0 Å². The summed E-state index contributed by atoms with van der Waals surface area (Å²) >= 11 is 0. The Morgan fingerprint density at radius 1 is 1.20 bits per heavy atom. The number of phenolic OH excluding ortho intramolecular Hbond substituents is 1. The monoisotopic (exact) mass is 279 g/mol. The molecule has 1 saturated heterocycles. The molecular weight excluding hydrogens is 257 g/mol. The van der Waals surface area contributed by atoms with Gasteiger partial charge in [0.15, 0.2) is 0 Å². The minimum atomic E-state index is -0.597. The van der Waals surface area contributed by atoms with Crippen molar-refractivity contribution in [1.29, 1.82) is 0 Å². The molecule has 20 heavy (non-hydrogen) atoms. The van der Waals surface area contributed by atoms with Crippen LogP contribution < -0.4 is 15.9 Å². The SMILES string of the molecule is COc1c(B2OC(C)(C)C(C)(C)O2)cc(O)c(N)c1C. The van der Waals surface area contributed by atoms with E-state index in [4.69, 9.17) is 19.8 Å². The van der Waals surface area contributed by atoms with Crippen LogP contribution in [0.4, 0.5) is 5.69 Å². The number of ether oxygens (including phenoxy) is 1. The Morgan fingerprint density at radius 2 is 1.70 bits per heavy atom. The summed E-state index contributed by atoms with van der Waals surface area (Å²) in [6.45, 7) is 9.70. The average molecular weight is 279 g/mol. The molecule has 0 aliphatic carbocycles. The molecule has 1 aromatic rings. The Morgan fingerprint density at radius 3 is 2.15 bits per heavy atom. The Hall–Kier alpha value is -1.40. The Bertz CT molecular complexity index is 526. The molecule has 0 radical (unpaired) electrons. The Balaban J connectivity index is 2.50. The summed E-state index contributed by atoms with van der Waals surface area (Å²) in [7, 11) is 0.966. The molecule has 110 valence electrons. The van der Waals surface area contributed by atoms with Gasteiger partial charge in [0.25, 0.3) is 0 Å². The van der Waals surface area contributed by atoms with Crippen molar-refractivity contribution in [2.75, 3.05) is 12.8 Å². The van der Waals surface area contributed by atoms with Gasteiger partial charge in [-0.25, -0.2) is 0 Å². The van der Waals surface area contributed by atoms with E-state index in [-0.39, 0.29) is 5.75 Å². The normalized spacial score (nSPS) is 20.2. The molecule has 1 fully saturated rings. The number of methoxy groups -OCH3 is 1. The molecule has 1 aliphatic heterocycles. The van der Waals surface area contributed by atoms with E-state index in [2.05, 4.69) is 0 Å². The maximum absolute atomic E-state index is 9.93. The smallest absolute Gasteiger partial charge is 0.498 e. The van der Waals surface area contributed by atoms with Gasteiger partial charge in [0.2, 0.25) is 0 Å². The molecule has 0 bridgehead atoms. The van der Waals surface area contributed by atoms with Crippen LogP contribution in [0.2, 0.25) is 0 Å². The maximum Gasteiger partial charge on any atom is 0.498 e. The van der Waals surface area contributed by atoms with Crippen molar-refractivity contribution >= 4 is 18.3 Å². The third-order valence-corrected chi connectivity index (χ3v) is 4.29. The second-order valence-corrected chi connectivity index (χ2v) is 6.15. The first kappa shape index (κ1) is 15.0. The van der Waals surface area contributed by atoms with Gasteiger partial charge in [-0.3, -0.25) is 0 Å². The van der Waals surface area contributed by atoms with Crippen LogP contribution in [0.5, 0.6) is 11.5 Å². The summed E-state index contributed by atoms with van der Waals surface area (Å²) in [6.07, 6.45) is 0. The lowest BCUT2D eigenvalue weighted by Crippen LogP contribution is -2.41. The number of nitrogens with two attached hydrogens (primary N) is 1. The van der Waals surface area contributed by atoms with E-state index in [9.17, 15) is 5.11 Å². The zero-order valence-corrected chi connectivity index (χ0v) is 12.9. The number of rotatable bonds is 2. The topological polar surface area (TPSA) is 73.9 Å². The van der Waals surface area contributed by atoms with Crippen LogP contribution in [0, 0.1) is 6.92 Å². The number of hydrogen-bond donors (Lipinski definition) is 2. The molecule has 0 amide bonds. The molecule has 1 heterocycles. The van der Waals surface area contributed by atoms with Crippen molar-refractivity contribution in [3.8, 4) is 11.5 Å². The quantitative estimate of drug-likeness (QED) is 0.488. The molecule has 0 aromatic heterocycles. The molecule has 0 atom stereocenters. The summed E-state index contributed by atoms with van der Waals surface area (Å²) in [5, 5.41) is 9.93. The fourth-order valence-corrected chi connectivity index (χ4v) is 2.24. The van der Waals surface area contributed by atoms with E-state index in [1.807, 2.05) is 27.7 Å². The number of benzene rings is 1. The van der Waals surface area contributed by atoms with E-state index in [1.54, 1.807) is 20.1 Å². The molecule has 2 rings (SSSR count). The number of anilines is 1. The number of hydrogen-bond acceptors (Lipinski definition) is 5. The van der Waals surface area contributed by atoms with Crippen LogP contribution in [0.3, 0.4) is 0 Å². The minimum Gasteiger partial charge on any atom is -0.506 e. The van der Waals surface area contributed by atoms with Crippen molar-refractivity contribution in [1.82, 2.24) is 0 Å². The van der Waals surface area contributed by atoms with Crippen LogP contribution >= 0.6 is 0 Å². The van der Waals surface area contributed by atoms with Crippen LogP contribution in [0.1, 0.15) is 33.3 Å². The summed E-state index contributed by atoms with van der Waals surface area (Å²) in [5.41, 5.74) is 6.55. The van der Waals surface area contributed by atoms with Crippen LogP contribution in [0.15, 0.2) is 6.07 Å². The van der Waals surface area contributed by atoms with Gasteiger partial charge >= 0.3 is 7.12 Å². The first-order valence-corrected chi connectivity index (χ1v) is 6.62. The zero-order chi connectivity index (χ0) is 15.3. The van der Waals surface area contributed by atoms with Gasteiger partial charge in [0, 0.05) is 11.0 Å². The van der Waals surface area contributed by atoms with E-state index in [1.165, 1.54) is 0 Å². The second kappa shape index (κ2) is 4.57. The molecule has 3 N–H and O–H groups in total. The molecule has 6 heteroatoms. The maximum atomic E-state index is 9.93. The molecule has 1 aliphatic rings. The molecular formula is C14H22BNO4. The fourth-order valence-electron chi connectivity index (χ4n) is 2.24. The van der Waals surface area contributed by atoms with E-state index in [0.29, 0.717) is 22.5 Å². The first-order valence-electron chi connectivity index (χ1n) is 6.62. The average Bonchev–Trinajstić information content (AvgIpc) is 2.55. The number of aromatic hydroxyl groups is 1. The highest BCUT2D eigenvalue weighted by molar-refractivity contribution is 6.63. The predicted molar refractivity (Wildman–Crippen MR) is 79.5 cm³/mol. The van der Waals surface area contributed by atoms with Gasteiger partial charge in [-0.15, -0.1) is 0 Å². The highest BCUT2D eigenvalue weighted by Crippen LogP contribution is 2.39. The highest BCUT2D eigenvalue weighted by atomic mass is 16.7. The first-order chi connectivity index (χ1) is 9.10. The van der Waals surface area contributed by atoms with Crippen LogP contribution in [-0.4, -0.2) is 30.5 Å². The summed E-state index contributed by atoms with van der Waals surface area (Å²) in [5.74, 6) is 0.590. The van der Waals surface area contributed by atoms with Crippen LogP contribution in [-0.2, 0) is 9.31 Å². The third-order valence-electron chi connectivity index (χ3n) is 4.29. The van der Waals surface area contributed by atoms with Crippen molar-refractivity contribution in [2.45, 2.75) is 45.8 Å². The van der Waals surface area contributed by atoms with Gasteiger partial charge in [-0.05, 0) is 40.7 Å². The lowest BCUT2D eigenvalue weighted by Gasteiger charge is -2.32. The standard InChI is InChI=1S/C14H22BNO4/c1-8-11(16)10(17)7-9(12(8)18-6)15-19-13(2,3)14(4,5)20-15/h7,17H,16H2,1-6H3. The van der Waals surface area contributed by atoms with E-state index < -0.39 is 18.3 Å². The third kappa shape index (κ3) is 2.13. The predicted octanol–water partition coefficient (Wildman–Crippen LogP) is 1.59. The largest absolute Gasteiger partial charge is 0.506 e. The molecule has 0 spiro atoms. The highest BCUT2D eigenvalue weighted by Gasteiger charge is 2.52. The summed E-state index contributed by atoms with van der Waals surface area (Å²) in [4.78, 5) is 0. The summed E-state index contributed by atoms with van der Waals surface area (Å²) in [6, 6.07) is 1.54. The van der Waals surface area contributed by atoms with E-state index >= 15 is 0 Å². The van der Waals surface area contributed by atoms with Gasteiger partial charge in [0.1, 0.15) is 11.5 Å². The molecule has 5 nitrogen and oxygen atoms in total. The Kier molecular flexibility index (Phi) is 3.43. The van der Waals surface area contributed by atoms with Gasteiger partial charge in [0.05, 0.1) is 24.0 Å². The lowest BCUT2D eigenvalue weighted by atomic mass is 9.77. The number of nitrogen functional groups attached to an aromatic ring is 1. The van der Waals surface area contributed by atoms with E-state index in [0.717, 1.165) is 0 Å². The van der Waals surface area contributed by atoms with Crippen molar-refractivity contribution < 1.29 is 19.2 Å². The minimum absolute atomic E-state index is 0.00742. The van der Waals surface area contributed by atoms with Crippen LogP contribution in [0.25, 0.3) is 0 Å².